The second-order valence-corrected chi connectivity index (χ2v) is 5.64. The van der Waals surface area contributed by atoms with E-state index in [0.717, 1.165) is 26.3 Å². The lowest BCUT2D eigenvalue weighted by Gasteiger charge is -2.54. The largest absolute Gasteiger partial charge is 0.378 e. The molecule has 0 saturated carbocycles. The molecule has 0 spiro atoms. The minimum Gasteiger partial charge on any atom is -0.378 e. The van der Waals surface area contributed by atoms with E-state index in [1.165, 1.54) is 0 Å². The van der Waals surface area contributed by atoms with Crippen LogP contribution in [-0.2, 0) is 4.74 Å². The monoisotopic (exact) mass is 198 g/mol. The predicted octanol–water partition coefficient (Wildman–Crippen LogP) is 0.800. The first-order chi connectivity index (χ1) is 6.48. The zero-order chi connectivity index (χ0) is 10.3. The Morgan fingerprint density at radius 3 is 2.00 bits per heavy atom. The van der Waals surface area contributed by atoms with Gasteiger partial charge in [0.05, 0.1) is 13.2 Å². The van der Waals surface area contributed by atoms with Gasteiger partial charge in [-0.05, 0) is 27.8 Å². The summed E-state index contributed by atoms with van der Waals surface area (Å²) in [7, 11) is 2.21. The van der Waals surface area contributed by atoms with E-state index in [0.29, 0.717) is 12.1 Å². The summed E-state index contributed by atoms with van der Waals surface area (Å²) < 4.78 is 5.64. The van der Waals surface area contributed by atoms with Crippen LogP contribution < -0.4 is 0 Å². The normalized spacial score (nSPS) is 36.0. The number of morpholine rings is 1. The SMILES string of the molecule is CN1CC2COCC(C1)N2C(C)(C)C. The van der Waals surface area contributed by atoms with Gasteiger partial charge in [0.25, 0.3) is 0 Å². The molecule has 0 aromatic carbocycles. The number of nitrogens with zero attached hydrogens (tertiary/aromatic N) is 2. The van der Waals surface area contributed by atoms with E-state index in [1.54, 1.807) is 0 Å². The van der Waals surface area contributed by atoms with Crippen LogP contribution in [0.2, 0.25) is 0 Å². The van der Waals surface area contributed by atoms with Gasteiger partial charge in [0, 0.05) is 30.7 Å². The summed E-state index contributed by atoms with van der Waals surface area (Å²) in [6, 6.07) is 1.18. The molecule has 2 aliphatic rings. The topological polar surface area (TPSA) is 15.7 Å². The van der Waals surface area contributed by atoms with Crippen molar-refractivity contribution in [2.24, 2.45) is 0 Å². The fourth-order valence-corrected chi connectivity index (χ4v) is 2.97. The van der Waals surface area contributed by atoms with Gasteiger partial charge in [-0.2, -0.15) is 0 Å². The van der Waals surface area contributed by atoms with Crippen LogP contribution in [-0.4, -0.2) is 60.8 Å². The predicted molar refractivity (Wildman–Crippen MR) is 57.5 cm³/mol. The summed E-state index contributed by atoms with van der Waals surface area (Å²) in [4.78, 5) is 5.08. The number of likely N-dealkylation sites (N-methyl/N-ethyl adjacent to an activating group) is 1. The Morgan fingerprint density at radius 1 is 1.07 bits per heavy atom. The Labute approximate surface area is 87.0 Å². The van der Waals surface area contributed by atoms with Crippen LogP contribution in [0.5, 0.6) is 0 Å². The number of ether oxygens (including phenoxy) is 1. The molecule has 14 heavy (non-hydrogen) atoms. The van der Waals surface area contributed by atoms with Gasteiger partial charge in [-0.1, -0.05) is 0 Å². The van der Waals surface area contributed by atoms with Crippen LogP contribution in [0, 0.1) is 0 Å². The van der Waals surface area contributed by atoms with Gasteiger partial charge in [-0.15, -0.1) is 0 Å². The molecule has 82 valence electrons. The summed E-state index contributed by atoms with van der Waals surface area (Å²) in [5, 5.41) is 0. The Kier molecular flexibility index (Phi) is 2.58. The molecule has 2 saturated heterocycles. The molecule has 2 fully saturated rings. The minimum atomic E-state index is 0.278. The molecule has 0 aliphatic carbocycles. The van der Waals surface area contributed by atoms with Crippen molar-refractivity contribution >= 4 is 0 Å². The van der Waals surface area contributed by atoms with Crippen molar-refractivity contribution in [3.05, 3.63) is 0 Å². The lowest BCUT2D eigenvalue weighted by molar-refractivity contribution is -0.127. The molecular formula is C11H22N2O. The average Bonchev–Trinajstić information content (AvgIpc) is 1.99. The van der Waals surface area contributed by atoms with Gasteiger partial charge in [-0.3, -0.25) is 4.90 Å². The van der Waals surface area contributed by atoms with E-state index in [2.05, 4.69) is 37.6 Å². The molecule has 2 atom stereocenters. The quantitative estimate of drug-likeness (QED) is 0.572. The molecule has 0 radical (unpaired) electrons. The van der Waals surface area contributed by atoms with Crippen molar-refractivity contribution < 1.29 is 4.74 Å². The summed E-state index contributed by atoms with van der Waals surface area (Å²) in [5.74, 6) is 0. The molecule has 2 bridgehead atoms. The van der Waals surface area contributed by atoms with Crippen LogP contribution in [0.15, 0.2) is 0 Å². The third-order valence-corrected chi connectivity index (χ3v) is 3.23. The molecule has 3 heteroatoms. The summed E-state index contributed by atoms with van der Waals surface area (Å²) in [6.07, 6.45) is 0. The van der Waals surface area contributed by atoms with E-state index in [4.69, 9.17) is 4.74 Å². The van der Waals surface area contributed by atoms with E-state index < -0.39 is 0 Å². The summed E-state index contributed by atoms with van der Waals surface area (Å²) in [5.41, 5.74) is 0.278. The average molecular weight is 198 g/mol. The van der Waals surface area contributed by atoms with Crippen molar-refractivity contribution in [2.75, 3.05) is 33.4 Å². The minimum absolute atomic E-state index is 0.278. The first-order valence-corrected chi connectivity index (χ1v) is 5.53. The maximum absolute atomic E-state index is 5.64. The van der Waals surface area contributed by atoms with E-state index >= 15 is 0 Å². The Hall–Kier alpha value is -0.120. The zero-order valence-electron chi connectivity index (χ0n) is 9.79. The highest BCUT2D eigenvalue weighted by atomic mass is 16.5. The van der Waals surface area contributed by atoms with Gasteiger partial charge < -0.3 is 9.64 Å². The van der Waals surface area contributed by atoms with Gasteiger partial charge in [0.2, 0.25) is 0 Å². The molecule has 3 nitrogen and oxygen atoms in total. The Bertz CT molecular complexity index is 198. The number of piperazine rings is 1. The molecule has 0 aromatic heterocycles. The third-order valence-electron chi connectivity index (χ3n) is 3.23. The first kappa shape index (κ1) is 10.4. The maximum atomic E-state index is 5.64. The highest BCUT2D eigenvalue weighted by Crippen LogP contribution is 2.28. The van der Waals surface area contributed by atoms with Crippen LogP contribution in [0.3, 0.4) is 0 Å². The van der Waals surface area contributed by atoms with Crippen molar-refractivity contribution in [2.45, 2.75) is 38.4 Å². The van der Waals surface area contributed by atoms with Gasteiger partial charge in [-0.25, -0.2) is 0 Å². The lowest BCUT2D eigenvalue weighted by Crippen LogP contribution is -2.68. The van der Waals surface area contributed by atoms with Gasteiger partial charge in [0.15, 0.2) is 0 Å². The second kappa shape index (κ2) is 3.47. The molecular weight excluding hydrogens is 176 g/mol. The summed E-state index contributed by atoms with van der Waals surface area (Å²) >= 11 is 0. The van der Waals surface area contributed by atoms with Crippen molar-refractivity contribution in [3.8, 4) is 0 Å². The smallest absolute Gasteiger partial charge is 0.0635 e. The van der Waals surface area contributed by atoms with Crippen molar-refractivity contribution in [3.63, 3.8) is 0 Å². The second-order valence-electron chi connectivity index (χ2n) is 5.64. The maximum Gasteiger partial charge on any atom is 0.0635 e. The van der Waals surface area contributed by atoms with Crippen molar-refractivity contribution in [1.82, 2.24) is 9.80 Å². The molecule has 0 N–H and O–H groups in total. The number of hydrogen-bond acceptors (Lipinski definition) is 3. The van der Waals surface area contributed by atoms with Crippen LogP contribution in [0.1, 0.15) is 20.8 Å². The molecule has 2 unspecified atom stereocenters. The summed E-state index contributed by atoms with van der Waals surface area (Å²) in [6.45, 7) is 11.0. The Morgan fingerprint density at radius 2 is 1.57 bits per heavy atom. The van der Waals surface area contributed by atoms with E-state index in [-0.39, 0.29) is 5.54 Å². The number of hydrogen-bond donors (Lipinski definition) is 0. The fourth-order valence-electron chi connectivity index (χ4n) is 2.97. The van der Waals surface area contributed by atoms with E-state index in [9.17, 15) is 0 Å². The number of rotatable bonds is 0. The molecule has 2 aliphatic heterocycles. The molecule has 0 aromatic rings. The molecule has 2 rings (SSSR count). The van der Waals surface area contributed by atoms with Crippen molar-refractivity contribution in [1.29, 1.82) is 0 Å². The molecule has 2 heterocycles. The highest BCUT2D eigenvalue weighted by molar-refractivity contribution is 4.96. The number of fused-ring (bicyclic) bond motifs is 2. The van der Waals surface area contributed by atoms with Crippen LogP contribution in [0.4, 0.5) is 0 Å². The first-order valence-electron chi connectivity index (χ1n) is 5.53. The fraction of sp³-hybridized carbons (Fsp3) is 1.00. The Balaban J connectivity index is 2.17. The highest BCUT2D eigenvalue weighted by Gasteiger charge is 2.42. The molecule has 0 amide bonds. The van der Waals surface area contributed by atoms with E-state index in [1.807, 2.05) is 0 Å². The lowest BCUT2D eigenvalue weighted by atomic mass is 9.95. The van der Waals surface area contributed by atoms with Gasteiger partial charge >= 0.3 is 0 Å². The van der Waals surface area contributed by atoms with Crippen LogP contribution >= 0.6 is 0 Å². The van der Waals surface area contributed by atoms with Crippen LogP contribution in [0.25, 0.3) is 0 Å². The zero-order valence-corrected chi connectivity index (χ0v) is 9.79. The third kappa shape index (κ3) is 1.81. The van der Waals surface area contributed by atoms with Gasteiger partial charge in [0.1, 0.15) is 0 Å². The standard InChI is InChI=1S/C11H22N2O/c1-11(2,3)13-9-5-12(4)6-10(13)8-14-7-9/h9-10H,5-8H2,1-4H3.